The maximum atomic E-state index is 6.38. The first-order valence-corrected chi connectivity index (χ1v) is 12.8. The van der Waals surface area contributed by atoms with Crippen LogP contribution in [0.3, 0.4) is 0 Å². The summed E-state index contributed by atoms with van der Waals surface area (Å²) in [6, 6.07) is 19.3. The average molecular weight is 533 g/mol. The van der Waals surface area contributed by atoms with Gasteiger partial charge in [-0.25, -0.2) is 0 Å². The van der Waals surface area contributed by atoms with Gasteiger partial charge in [-0.05, 0) is 81.0 Å². The maximum absolute atomic E-state index is 6.38. The van der Waals surface area contributed by atoms with Crippen LogP contribution in [0.5, 0.6) is 11.5 Å². The Morgan fingerprint density at radius 3 is 2.43 bits per heavy atom. The third-order valence-corrected chi connectivity index (χ3v) is 7.66. The molecular formula is C29H29ClN4O2S. The maximum Gasteiger partial charge on any atom is 0.174 e. The van der Waals surface area contributed by atoms with Gasteiger partial charge in [-0.1, -0.05) is 23.7 Å². The van der Waals surface area contributed by atoms with E-state index in [4.69, 9.17) is 38.3 Å². The first-order chi connectivity index (χ1) is 17.8. The Hall–Kier alpha value is -3.55. The lowest BCUT2D eigenvalue weighted by Crippen LogP contribution is -2.30. The number of pyridine rings is 1. The summed E-state index contributed by atoms with van der Waals surface area (Å²) in [5.41, 5.74) is 7.42. The molecule has 1 fully saturated rings. The molecule has 37 heavy (non-hydrogen) atoms. The number of benzene rings is 2. The highest BCUT2D eigenvalue weighted by atomic mass is 35.5. The summed E-state index contributed by atoms with van der Waals surface area (Å²) >= 11 is 12.3. The minimum atomic E-state index is -0.177. The number of aromatic nitrogens is 2. The molecule has 0 aliphatic carbocycles. The van der Waals surface area contributed by atoms with Crippen molar-refractivity contribution in [1.82, 2.24) is 14.9 Å². The SMILES string of the molecule is COc1ccc(N2C(=S)N[C@H](c3ccccn3)[C@H]2c2c(C)c(C)n(-c3cccc(Cl)c3)c2C)c(OC)c1. The lowest BCUT2D eigenvalue weighted by atomic mass is 9.93. The van der Waals surface area contributed by atoms with Crippen LogP contribution in [0.25, 0.3) is 5.69 Å². The Bertz CT molecular complexity index is 1470. The summed E-state index contributed by atoms with van der Waals surface area (Å²) in [6.45, 7) is 6.46. The molecule has 1 aliphatic heterocycles. The van der Waals surface area contributed by atoms with Crippen molar-refractivity contribution in [2.24, 2.45) is 0 Å². The van der Waals surface area contributed by atoms with Crippen molar-refractivity contribution >= 4 is 34.6 Å². The summed E-state index contributed by atoms with van der Waals surface area (Å²) < 4.78 is 13.5. The van der Waals surface area contributed by atoms with Crippen LogP contribution in [0, 0.1) is 20.8 Å². The summed E-state index contributed by atoms with van der Waals surface area (Å²) in [7, 11) is 3.30. The van der Waals surface area contributed by atoms with Gasteiger partial charge in [0, 0.05) is 39.9 Å². The molecule has 6 nitrogen and oxygen atoms in total. The Kier molecular flexibility index (Phi) is 6.84. The van der Waals surface area contributed by atoms with E-state index in [1.807, 2.05) is 60.8 Å². The molecule has 4 aromatic rings. The second-order valence-corrected chi connectivity index (χ2v) is 9.88. The molecule has 3 heterocycles. The van der Waals surface area contributed by atoms with Gasteiger partial charge in [0.1, 0.15) is 11.5 Å². The Labute approximate surface area is 227 Å². The van der Waals surface area contributed by atoms with Crippen LogP contribution >= 0.6 is 23.8 Å². The van der Waals surface area contributed by atoms with Crippen molar-refractivity contribution in [2.75, 3.05) is 19.1 Å². The Morgan fingerprint density at radius 2 is 1.76 bits per heavy atom. The van der Waals surface area contributed by atoms with Gasteiger partial charge < -0.3 is 24.3 Å². The zero-order valence-electron chi connectivity index (χ0n) is 21.4. The molecule has 2 aromatic carbocycles. The molecule has 0 spiro atoms. The van der Waals surface area contributed by atoms with Crippen LogP contribution in [-0.2, 0) is 0 Å². The number of hydrogen-bond donors (Lipinski definition) is 1. The van der Waals surface area contributed by atoms with Crippen molar-refractivity contribution in [3.8, 4) is 17.2 Å². The number of rotatable bonds is 6. The number of anilines is 1. The molecule has 1 saturated heterocycles. The van der Waals surface area contributed by atoms with E-state index in [2.05, 4.69) is 41.6 Å². The van der Waals surface area contributed by atoms with E-state index < -0.39 is 0 Å². The molecule has 190 valence electrons. The van der Waals surface area contributed by atoms with Gasteiger partial charge in [0.25, 0.3) is 0 Å². The minimum absolute atomic E-state index is 0.174. The van der Waals surface area contributed by atoms with Crippen LogP contribution in [0.15, 0.2) is 66.9 Å². The number of methoxy groups -OCH3 is 2. The van der Waals surface area contributed by atoms with Gasteiger partial charge in [-0.15, -0.1) is 0 Å². The molecular weight excluding hydrogens is 504 g/mol. The van der Waals surface area contributed by atoms with Gasteiger partial charge >= 0.3 is 0 Å². The van der Waals surface area contributed by atoms with Gasteiger partial charge in [0.05, 0.1) is 37.7 Å². The number of halogens is 1. The van der Waals surface area contributed by atoms with Crippen LogP contribution in [0.1, 0.15) is 40.3 Å². The van der Waals surface area contributed by atoms with Gasteiger partial charge in [-0.2, -0.15) is 0 Å². The zero-order valence-corrected chi connectivity index (χ0v) is 23.0. The van der Waals surface area contributed by atoms with Crippen molar-refractivity contribution in [3.63, 3.8) is 0 Å². The molecule has 1 N–H and O–H groups in total. The summed E-state index contributed by atoms with van der Waals surface area (Å²) in [6.07, 6.45) is 1.82. The average Bonchev–Trinajstić information content (AvgIpc) is 3.35. The normalized spacial score (nSPS) is 17.1. The van der Waals surface area contributed by atoms with Crippen LogP contribution in [-0.4, -0.2) is 28.9 Å². The molecule has 0 radical (unpaired) electrons. The minimum Gasteiger partial charge on any atom is -0.497 e. The molecule has 1 aliphatic rings. The Balaban J connectivity index is 1.75. The number of hydrogen-bond acceptors (Lipinski definition) is 4. The van der Waals surface area contributed by atoms with E-state index in [0.29, 0.717) is 21.6 Å². The topological polar surface area (TPSA) is 51.5 Å². The molecule has 2 aromatic heterocycles. The van der Waals surface area contributed by atoms with Crippen molar-refractivity contribution in [3.05, 3.63) is 100 Å². The standard InChI is InChI=1S/C29H29ClN4O2S/c1-17-18(2)33(21-10-8-9-20(30)15-21)19(3)26(17)28-27(23-11-6-7-14-31-23)32-29(37)34(28)24-13-12-22(35-4)16-25(24)36-5/h6-16,27-28H,1-5H3,(H,32,37)/t27-,28-/m1/s1. The molecule has 0 saturated carbocycles. The molecule has 0 unspecified atom stereocenters. The van der Waals surface area contributed by atoms with Crippen molar-refractivity contribution < 1.29 is 9.47 Å². The van der Waals surface area contributed by atoms with Crippen LogP contribution in [0.4, 0.5) is 5.69 Å². The van der Waals surface area contributed by atoms with Crippen LogP contribution < -0.4 is 19.7 Å². The lowest BCUT2D eigenvalue weighted by molar-refractivity contribution is 0.394. The number of nitrogens with one attached hydrogen (secondary N) is 1. The fourth-order valence-electron chi connectivity index (χ4n) is 5.34. The third-order valence-electron chi connectivity index (χ3n) is 7.11. The quantitative estimate of drug-likeness (QED) is 0.281. The first-order valence-electron chi connectivity index (χ1n) is 12.0. The van der Waals surface area contributed by atoms with Crippen LogP contribution in [0.2, 0.25) is 5.02 Å². The number of thiocarbonyl (C=S) groups is 1. The number of ether oxygens (including phenoxy) is 2. The highest BCUT2D eigenvalue weighted by Gasteiger charge is 2.44. The zero-order chi connectivity index (χ0) is 26.3. The van der Waals surface area contributed by atoms with Crippen molar-refractivity contribution in [2.45, 2.75) is 32.9 Å². The molecule has 0 bridgehead atoms. The molecule has 8 heteroatoms. The van der Waals surface area contributed by atoms with E-state index in [-0.39, 0.29) is 12.1 Å². The summed E-state index contributed by atoms with van der Waals surface area (Å²) in [4.78, 5) is 6.85. The van der Waals surface area contributed by atoms with Crippen molar-refractivity contribution in [1.29, 1.82) is 0 Å². The third kappa shape index (κ3) is 4.32. The Morgan fingerprint density at radius 1 is 0.946 bits per heavy atom. The fraction of sp³-hybridized carbons (Fsp3) is 0.241. The predicted molar refractivity (Wildman–Crippen MR) is 152 cm³/mol. The van der Waals surface area contributed by atoms with E-state index in [9.17, 15) is 0 Å². The van der Waals surface area contributed by atoms with Gasteiger partial charge in [-0.3, -0.25) is 4.98 Å². The lowest BCUT2D eigenvalue weighted by Gasteiger charge is -2.30. The first kappa shape index (κ1) is 25.1. The van der Waals surface area contributed by atoms with Gasteiger partial charge in [0.2, 0.25) is 0 Å². The summed E-state index contributed by atoms with van der Waals surface area (Å²) in [5, 5.41) is 4.86. The summed E-state index contributed by atoms with van der Waals surface area (Å²) in [5.74, 6) is 1.39. The highest BCUT2D eigenvalue weighted by molar-refractivity contribution is 7.80. The smallest absolute Gasteiger partial charge is 0.174 e. The molecule has 2 atom stereocenters. The number of nitrogens with zero attached hydrogens (tertiary/aromatic N) is 3. The molecule has 0 amide bonds. The van der Waals surface area contributed by atoms with E-state index >= 15 is 0 Å². The van der Waals surface area contributed by atoms with E-state index in [1.54, 1.807) is 14.2 Å². The second-order valence-electron chi connectivity index (χ2n) is 9.06. The monoisotopic (exact) mass is 532 g/mol. The largest absolute Gasteiger partial charge is 0.497 e. The van der Waals surface area contributed by atoms with E-state index in [1.165, 1.54) is 11.1 Å². The fourth-order valence-corrected chi connectivity index (χ4v) is 5.86. The van der Waals surface area contributed by atoms with E-state index in [0.717, 1.165) is 28.5 Å². The second kappa shape index (κ2) is 10.1. The predicted octanol–water partition coefficient (Wildman–Crippen LogP) is 6.65. The molecule has 5 rings (SSSR count). The van der Waals surface area contributed by atoms with Gasteiger partial charge in [0.15, 0.2) is 5.11 Å². The highest BCUT2D eigenvalue weighted by Crippen LogP contribution is 2.48.